The molecule has 2 saturated heterocycles. The van der Waals surface area contributed by atoms with Crippen LogP contribution in [0, 0.1) is 0 Å². The second kappa shape index (κ2) is 7.37. The van der Waals surface area contributed by atoms with Crippen molar-refractivity contribution in [3.05, 3.63) is 36.5 Å². The lowest BCUT2D eigenvalue weighted by atomic mass is 10.2. The molecular formula is C20H25N7O. The number of piperazine rings is 1. The van der Waals surface area contributed by atoms with E-state index >= 15 is 0 Å². The number of ether oxygens (including phenoxy) is 1. The number of morpholine rings is 1. The highest BCUT2D eigenvalue weighted by atomic mass is 16.5. The predicted octanol–water partition coefficient (Wildman–Crippen LogP) is 1.38. The summed E-state index contributed by atoms with van der Waals surface area (Å²) in [6.07, 6.45) is 1.86. The van der Waals surface area contributed by atoms with E-state index in [2.05, 4.69) is 38.9 Å². The molecular weight excluding hydrogens is 354 g/mol. The van der Waals surface area contributed by atoms with Gasteiger partial charge in [0, 0.05) is 39.3 Å². The van der Waals surface area contributed by atoms with Crippen LogP contribution in [0.2, 0.25) is 0 Å². The van der Waals surface area contributed by atoms with E-state index < -0.39 is 0 Å². The van der Waals surface area contributed by atoms with E-state index in [1.165, 1.54) is 0 Å². The zero-order valence-electron chi connectivity index (χ0n) is 16.2. The van der Waals surface area contributed by atoms with Gasteiger partial charge in [0.05, 0.1) is 25.1 Å². The highest BCUT2D eigenvalue weighted by molar-refractivity contribution is 5.62. The van der Waals surface area contributed by atoms with Crippen molar-refractivity contribution in [2.75, 3.05) is 69.3 Å². The van der Waals surface area contributed by atoms with Gasteiger partial charge in [-0.05, 0) is 31.3 Å². The average molecular weight is 379 g/mol. The van der Waals surface area contributed by atoms with Crippen LogP contribution < -0.4 is 9.80 Å². The zero-order chi connectivity index (χ0) is 18.9. The predicted molar refractivity (Wildman–Crippen MR) is 109 cm³/mol. The Kier molecular flexibility index (Phi) is 4.58. The topological polar surface area (TPSA) is 62.0 Å². The lowest BCUT2D eigenvalue weighted by Gasteiger charge is -2.33. The molecule has 0 amide bonds. The van der Waals surface area contributed by atoms with Crippen molar-refractivity contribution in [2.24, 2.45) is 0 Å². The molecule has 2 aliphatic heterocycles. The molecule has 0 aromatic carbocycles. The summed E-state index contributed by atoms with van der Waals surface area (Å²) in [6.45, 7) is 7.33. The van der Waals surface area contributed by atoms with Gasteiger partial charge in [0.15, 0.2) is 5.65 Å². The fourth-order valence-electron chi connectivity index (χ4n) is 3.78. The fraction of sp³-hybridized carbons (Fsp3) is 0.450. The first-order valence-corrected chi connectivity index (χ1v) is 9.86. The molecule has 146 valence electrons. The number of rotatable bonds is 3. The molecule has 3 aromatic rings. The number of hydrogen-bond acceptors (Lipinski definition) is 7. The molecule has 0 N–H and O–H groups in total. The van der Waals surface area contributed by atoms with Crippen LogP contribution in [-0.4, -0.2) is 84.0 Å². The summed E-state index contributed by atoms with van der Waals surface area (Å²) < 4.78 is 7.36. The maximum atomic E-state index is 5.46. The van der Waals surface area contributed by atoms with Crippen molar-refractivity contribution in [3.63, 3.8) is 0 Å². The summed E-state index contributed by atoms with van der Waals surface area (Å²) in [7, 11) is 2.16. The highest BCUT2D eigenvalue weighted by Gasteiger charge is 2.18. The number of hydrogen-bond donors (Lipinski definition) is 0. The van der Waals surface area contributed by atoms with E-state index in [4.69, 9.17) is 14.8 Å². The number of aromatic nitrogens is 4. The second-order valence-electron chi connectivity index (χ2n) is 7.38. The number of pyridine rings is 1. The Morgan fingerprint density at radius 2 is 1.64 bits per heavy atom. The van der Waals surface area contributed by atoms with E-state index in [-0.39, 0.29) is 0 Å². The van der Waals surface area contributed by atoms with E-state index in [1.54, 1.807) is 0 Å². The van der Waals surface area contributed by atoms with Gasteiger partial charge in [-0.1, -0.05) is 6.07 Å². The summed E-state index contributed by atoms with van der Waals surface area (Å²) in [6, 6.07) is 10.2. The van der Waals surface area contributed by atoms with Gasteiger partial charge in [-0.25, -0.2) is 14.5 Å². The Labute approximate surface area is 164 Å². The Morgan fingerprint density at radius 1 is 0.857 bits per heavy atom. The normalized spacial score (nSPS) is 18.8. The second-order valence-corrected chi connectivity index (χ2v) is 7.38. The third-order valence-corrected chi connectivity index (χ3v) is 5.51. The molecule has 0 aliphatic carbocycles. The Bertz CT molecular complexity index is 958. The van der Waals surface area contributed by atoms with Gasteiger partial charge in [-0.3, -0.25) is 0 Å². The molecule has 8 nitrogen and oxygen atoms in total. The van der Waals surface area contributed by atoms with Crippen LogP contribution in [0.5, 0.6) is 0 Å². The van der Waals surface area contributed by atoms with Crippen LogP contribution in [0.25, 0.3) is 17.0 Å². The molecule has 28 heavy (non-hydrogen) atoms. The lowest BCUT2D eigenvalue weighted by Crippen LogP contribution is -2.44. The average Bonchev–Trinajstić information content (AvgIpc) is 3.18. The third-order valence-electron chi connectivity index (χ3n) is 5.51. The monoisotopic (exact) mass is 379 g/mol. The molecule has 2 aliphatic rings. The first-order valence-electron chi connectivity index (χ1n) is 9.86. The van der Waals surface area contributed by atoms with Crippen molar-refractivity contribution >= 4 is 17.3 Å². The third kappa shape index (κ3) is 3.29. The number of nitrogens with zero attached hydrogens (tertiary/aromatic N) is 7. The van der Waals surface area contributed by atoms with Crippen LogP contribution in [0.4, 0.5) is 11.6 Å². The molecule has 0 spiro atoms. The molecule has 0 bridgehead atoms. The van der Waals surface area contributed by atoms with Crippen LogP contribution in [0.3, 0.4) is 0 Å². The van der Waals surface area contributed by atoms with Gasteiger partial charge >= 0.3 is 0 Å². The fourth-order valence-corrected chi connectivity index (χ4v) is 3.78. The first kappa shape index (κ1) is 17.4. The SMILES string of the molecule is CN1CCN(c2cccc(-c3cnc4ccc(N5CCOCC5)nn34)n2)CC1. The Hall–Kier alpha value is -2.71. The van der Waals surface area contributed by atoms with Crippen molar-refractivity contribution in [2.45, 2.75) is 0 Å². The standard InChI is InChI=1S/C20H25N7O/c1-24-7-9-25(10-8-24)19-4-2-3-16(22-19)17-15-21-18-5-6-20(23-27(17)18)26-11-13-28-14-12-26/h2-6,15H,7-14H2,1H3. The highest BCUT2D eigenvalue weighted by Crippen LogP contribution is 2.23. The quantitative estimate of drug-likeness (QED) is 0.681. The molecule has 0 radical (unpaired) electrons. The van der Waals surface area contributed by atoms with Crippen LogP contribution in [0.15, 0.2) is 36.5 Å². The molecule has 0 unspecified atom stereocenters. The minimum absolute atomic E-state index is 0.741. The number of imidazole rings is 1. The van der Waals surface area contributed by atoms with Gasteiger partial charge < -0.3 is 19.4 Å². The lowest BCUT2D eigenvalue weighted by molar-refractivity contribution is 0.122. The largest absolute Gasteiger partial charge is 0.378 e. The minimum atomic E-state index is 0.741. The maximum absolute atomic E-state index is 5.46. The molecule has 5 heterocycles. The van der Waals surface area contributed by atoms with E-state index in [9.17, 15) is 0 Å². The van der Waals surface area contributed by atoms with Crippen LogP contribution >= 0.6 is 0 Å². The van der Waals surface area contributed by atoms with Crippen LogP contribution in [0.1, 0.15) is 0 Å². The maximum Gasteiger partial charge on any atom is 0.154 e. The molecule has 8 heteroatoms. The summed E-state index contributed by atoms with van der Waals surface area (Å²) in [4.78, 5) is 16.4. The smallest absolute Gasteiger partial charge is 0.154 e. The minimum Gasteiger partial charge on any atom is -0.378 e. The summed E-state index contributed by atoms with van der Waals surface area (Å²) in [5.74, 6) is 1.97. The van der Waals surface area contributed by atoms with Crippen molar-refractivity contribution in [1.82, 2.24) is 24.5 Å². The van der Waals surface area contributed by atoms with Gasteiger partial charge in [-0.2, -0.15) is 0 Å². The van der Waals surface area contributed by atoms with Gasteiger partial charge in [-0.15, -0.1) is 5.10 Å². The molecule has 5 rings (SSSR count). The first-order chi connectivity index (χ1) is 13.8. The molecule has 3 aromatic heterocycles. The van der Waals surface area contributed by atoms with E-state index in [1.807, 2.05) is 28.9 Å². The summed E-state index contributed by atoms with van der Waals surface area (Å²) in [5, 5.41) is 4.85. The van der Waals surface area contributed by atoms with Crippen molar-refractivity contribution in [3.8, 4) is 11.4 Å². The summed E-state index contributed by atoms with van der Waals surface area (Å²) >= 11 is 0. The van der Waals surface area contributed by atoms with E-state index in [0.717, 1.165) is 81.2 Å². The Balaban J connectivity index is 1.48. The zero-order valence-corrected chi connectivity index (χ0v) is 16.2. The van der Waals surface area contributed by atoms with Crippen LogP contribution in [-0.2, 0) is 4.74 Å². The number of anilines is 2. The van der Waals surface area contributed by atoms with Gasteiger partial charge in [0.1, 0.15) is 17.3 Å². The molecule has 0 saturated carbocycles. The number of fused-ring (bicyclic) bond motifs is 1. The Morgan fingerprint density at radius 3 is 2.46 bits per heavy atom. The van der Waals surface area contributed by atoms with Crippen molar-refractivity contribution < 1.29 is 4.74 Å². The van der Waals surface area contributed by atoms with E-state index in [0.29, 0.717) is 0 Å². The van der Waals surface area contributed by atoms with Crippen molar-refractivity contribution in [1.29, 1.82) is 0 Å². The molecule has 2 fully saturated rings. The van der Waals surface area contributed by atoms with Gasteiger partial charge in [0.2, 0.25) is 0 Å². The number of likely N-dealkylation sites (N-methyl/N-ethyl adjacent to an activating group) is 1. The van der Waals surface area contributed by atoms with Gasteiger partial charge in [0.25, 0.3) is 0 Å². The molecule has 0 atom stereocenters. The summed E-state index contributed by atoms with van der Waals surface area (Å²) in [5.41, 5.74) is 2.65.